The molecule has 1 aromatic heterocycles. The molecule has 0 aliphatic rings. The van der Waals surface area contributed by atoms with Gasteiger partial charge in [0, 0.05) is 6.54 Å². The van der Waals surface area contributed by atoms with E-state index in [-0.39, 0.29) is 18.4 Å². The van der Waals surface area contributed by atoms with Crippen LogP contribution >= 0.6 is 0 Å². The van der Waals surface area contributed by atoms with E-state index in [0.717, 1.165) is 6.42 Å². The fraction of sp³-hybridized carbons (Fsp3) is 0.444. The Hall–Kier alpha value is -2.21. The number of halogens is 1. The Morgan fingerprint density at radius 3 is 2.75 bits per heavy atom. The SMILES string of the molecule is CCC(C)C(C)(O)CNC(=O)c1cnn(-c2ccccc2F)c1C. The van der Waals surface area contributed by atoms with Crippen LogP contribution in [0.2, 0.25) is 0 Å². The summed E-state index contributed by atoms with van der Waals surface area (Å²) in [7, 11) is 0. The van der Waals surface area contributed by atoms with E-state index in [2.05, 4.69) is 10.4 Å². The first kappa shape index (κ1) is 18.1. The number of nitrogens with zero attached hydrogens (tertiary/aromatic N) is 2. The fourth-order valence-electron chi connectivity index (χ4n) is 2.47. The third-order valence-electron chi connectivity index (χ3n) is 4.62. The standard InChI is InChI=1S/C18H24FN3O2/c1-5-12(2)18(4,24)11-20-17(23)14-10-21-22(13(14)3)16-9-7-6-8-15(16)19/h6-10,12,24H,5,11H2,1-4H3,(H,20,23). The van der Waals surface area contributed by atoms with Crippen LogP contribution in [0.3, 0.4) is 0 Å². The number of para-hydroxylation sites is 1. The first-order valence-electron chi connectivity index (χ1n) is 8.08. The molecule has 0 fully saturated rings. The zero-order chi connectivity index (χ0) is 17.9. The number of carbonyl (C=O) groups is 1. The van der Waals surface area contributed by atoms with Gasteiger partial charge in [0.15, 0.2) is 0 Å². The molecular weight excluding hydrogens is 309 g/mol. The Balaban J connectivity index is 2.17. The Kier molecular flexibility index (Phi) is 5.39. The van der Waals surface area contributed by atoms with E-state index in [0.29, 0.717) is 16.9 Å². The van der Waals surface area contributed by atoms with Gasteiger partial charge in [-0.25, -0.2) is 9.07 Å². The average molecular weight is 333 g/mol. The van der Waals surface area contributed by atoms with Crippen LogP contribution in [-0.4, -0.2) is 32.9 Å². The molecule has 6 heteroatoms. The Labute approximate surface area is 141 Å². The van der Waals surface area contributed by atoms with Crippen LogP contribution in [0.5, 0.6) is 0 Å². The summed E-state index contributed by atoms with van der Waals surface area (Å²) in [6.45, 7) is 7.49. The maximum atomic E-state index is 13.9. The predicted molar refractivity (Wildman–Crippen MR) is 90.7 cm³/mol. The van der Waals surface area contributed by atoms with Gasteiger partial charge in [-0.2, -0.15) is 5.10 Å². The van der Waals surface area contributed by atoms with Crippen LogP contribution in [0.15, 0.2) is 30.5 Å². The Morgan fingerprint density at radius 1 is 1.46 bits per heavy atom. The first-order valence-corrected chi connectivity index (χ1v) is 8.08. The Morgan fingerprint density at radius 2 is 2.12 bits per heavy atom. The van der Waals surface area contributed by atoms with E-state index in [1.165, 1.54) is 16.9 Å². The van der Waals surface area contributed by atoms with E-state index in [9.17, 15) is 14.3 Å². The number of rotatable bonds is 6. The van der Waals surface area contributed by atoms with Crippen LogP contribution in [0.25, 0.3) is 5.69 Å². The van der Waals surface area contributed by atoms with Crippen LogP contribution in [-0.2, 0) is 0 Å². The highest BCUT2D eigenvalue weighted by Gasteiger charge is 2.28. The molecule has 2 N–H and O–H groups in total. The molecular formula is C18H24FN3O2. The number of hydrogen-bond donors (Lipinski definition) is 2. The molecule has 2 rings (SSSR count). The zero-order valence-electron chi connectivity index (χ0n) is 14.5. The number of carbonyl (C=O) groups excluding carboxylic acids is 1. The van der Waals surface area contributed by atoms with Gasteiger partial charge in [0.05, 0.1) is 23.1 Å². The lowest BCUT2D eigenvalue weighted by Gasteiger charge is -2.29. The number of benzene rings is 1. The highest BCUT2D eigenvalue weighted by atomic mass is 19.1. The lowest BCUT2D eigenvalue weighted by atomic mass is 9.88. The quantitative estimate of drug-likeness (QED) is 0.854. The predicted octanol–water partition coefficient (Wildman–Crippen LogP) is 2.85. The van der Waals surface area contributed by atoms with Crippen LogP contribution in [0, 0.1) is 18.7 Å². The molecule has 0 radical (unpaired) electrons. The summed E-state index contributed by atoms with van der Waals surface area (Å²) in [5.74, 6) is -0.686. The van der Waals surface area contributed by atoms with Crippen molar-refractivity contribution in [2.24, 2.45) is 5.92 Å². The number of aromatic nitrogens is 2. The summed E-state index contributed by atoms with van der Waals surface area (Å²) < 4.78 is 15.3. The molecule has 2 aromatic rings. The Bertz CT molecular complexity index is 725. The summed E-state index contributed by atoms with van der Waals surface area (Å²) >= 11 is 0. The molecule has 24 heavy (non-hydrogen) atoms. The van der Waals surface area contributed by atoms with Crippen LogP contribution in [0.1, 0.15) is 43.2 Å². The van der Waals surface area contributed by atoms with Crippen molar-refractivity contribution in [2.45, 2.75) is 39.7 Å². The van der Waals surface area contributed by atoms with Crippen LogP contribution in [0.4, 0.5) is 4.39 Å². The second-order valence-electron chi connectivity index (χ2n) is 6.36. The van der Waals surface area contributed by atoms with E-state index in [1.54, 1.807) is 32.0 Å². The summed E-state index contributed by atoms with van der Waals surface area (Å²) in [4.78, 5) is 12.4. The smallest absolute Gasteiger partial charge is 0.254 e. The van der Waals surface area contributed by atoms with Crippen molar-refractivity contribution in [3.05, 3.63) is 47.5 Å². The van der Waals surface area contributed by atoms with Crippen LogP contribution < -0.4 is 5.32 Å². The molecule has 5 nitrogen and oxygen atoms in total. The molecule has 0 saturated heterocycles. The molecule has 1 amide bonds. The molecule has 2 unspecified atom stereocenters. The van der Waals surface area contributed by atoms with Crippen molar-refractivity contribution < 1.29 is 14.3 Å². The van der Waals surface area contributed by atoms with Crippen molar-refractivity contribution in [1.82, 2.24) is 15.1 Å². The third-order valence-corrected chi connectivity index (χ3v) is 4.62. The molecule has 0 saturated carbocycles. The van der Waals surface area contributed by atoms with E-state index in [1.807, 2.05) is 13.8 Å². The minimum absolute atomic E-state index is 0.0556. The number of aliphatic hydroxyl groups is 1. The topological polar surface area (TPSA) is 67.2 Å². The van der Waals surface area contributed by atoms with E-state index < -0.39 is 11.4 Å². The summed E-state index contributed by atoms with van der Waals surface area (Å²) in [6, 6.07) is 6.26. The number of nitrogens with one attached hydrogen (secondary N) is 1. The van der Waals surface area contributed by atoms with Gasteiger partial charge in [0.25, 0.3) is 5.91 Å². The van der Waals surface area contributed by atoms with E-state index >= 15 is 0 Å². The third kappa shape index (κ3) is 3.64. The highest BCUT2D eigenvalue weighted by Crippen LogP contribution is 2.20. The largest absolute Gasteiger partial charge is 0.388 e. The van der Waals surface area contributed by atoms with Gasteiger partial charge in [0.1, 0.15) is 11.5 Å². The molecule has 0 spiro atoms. The van der Waals surface area contributed by atoms with Crippen molar-refractivity contribution in [3.8, 4) is 5.69 Å². The zero-order valence-corrected chi connectivity index (χ0v) is 14.5. The van der Waals surface area contributed by atoms with Gasteiger partial charge < -0.3 is 10.4 Å². The lowest BCUT2D eigenvalue weighted by molar-refractivity contribution is 0.00592. The molecule has 0 bridgehead atoms. The van der Waals surface area contributed by atoms with E-state index in [4.69, 9.17) is 0 Å². The summed E-state index contributed by atoms with van der Waals surface area (Å²) in [6.07, 6.45) is 2.22. The van der Waals surface area contributed by atoms with Gasteiger partial charge in [-0.1, -0.05) is 32.4 Å². The van der Waals surface area contributed by atoms with Crippen molar-refractivity contribution in [2.75, 3.05) is 6.54 Å². The number of amides is 1. The van der Waals surface area contributed by atoms with Crippen molar-refractivity contribution in [3.63, 3.8) is 0 Å². The summed E-state index contributed by atoms with van der Waals surface area (Å²) in [5.41, 5.74) is 0.208. The fourth-order valence-corrected chi connectivity index (χ4v) is 2.47. The van der Waals surface area contributed by atoms with Gasteiger partial charge in [-0.05, 0) is 31.9 Å². The maximum absolute atomic E-state index is 13.9. The van der Waals surface area contributed by atoms with Crippen molar-refractivity contribution in [1.29, 1.82) is 0 Å². The maximum Gasteiger partial charge on any atom is 0.254 e. The minimum atomic E-state index is -0.986. The average Bonchev–Trinajstić information content (AvgIpc) is 2.94. The highest BCUT2D eigenvalue weighted by molar-refractivity contribution is 5.95. The molecule has 0 aliphatic carbocycles. The molecule has 1 heterocycles. The van der Waals surface area contributed by atoms with Crippen molar-refractivity contribution >= 4 is 5.91 Å². The monoisotopic (exact) mass is 333 g/mol. The first-order chi connectivity index (χ1) is 11.3. The van der Waals surface area contributed by atoms with Gasteiger partial charge in [-0.15, -0.1) is 0 Å². The number of hydrogen-bond acceptors (Lipinski definition) is 3. The molecule has 0 aliphatic heterocycles. The lowest BCUT2D eigenvalue weighted by Crippen LogP contribution is -2.45. The molecule has 1 aromatic carbocycles. The summed E-state index contributed by atoms with van der Waals surface area (Å²) in [5, 5.41) is 17.2. The van der Waals surface area contributed by atoms with Gasteiger partial charge in [0.2, 0.25) is 0 Å². The minimum Gasteiger partial charge on any atom is -0.388 e. The second kappa shape index (κ2) is 7.13. The molecule has 130 valence electrons. The van der Waals surface area contributed by atoms with Gasteiger partial charge in [-0.3, -0.25) is 4.79 Å². The van der Waals surface area contributed by atoms with Gasteiger partial charge >= 0.3 is 0 Å². The molecule has 2 atom stereocenters. The second-order valence-corrected chi connectivity index (χ2v) is 6.36. The normalized spacial score (nSPS) is 14.9.